The summed E-state index contributed by atoms with van der Waals surface area (Å²) in [5.41, 5.74) is 1.06. The van der Waals surface area contributed by atoms with Crippen molar-refractivity contribution < 1.29 is 13.6 Å². The van der Waals surface area contributed by atoms with Gasteiger partial charge in [-0.3, -0.25) is 4.79 Å². The van der Waals surface area contributed by atoms with Gasteiger partial charge in [0, 0.05) is 11.8 Å². The van der Waals surface area contributed by atoms with Crippen LogP contribution in [-0.4, -0.2) is 5.91 Å². The highest BCUT2D eigenvalue weighted by atomic mass is 79.9. The molecule has 0 fully saturated rings. The summed E-state index contributed by atoms with van der Waals surface area (Å²) in [6.07, 6.45) is 2.84. The quantitative estimate of drug-likeness (QED) is 0.827. The molecule has 2 aromatic carbocycles. The molecule has 0 unspecified atom stereocenters. The molecule has 0 saturated carbocycles. The van der Waals surface area contributed by atoms with Gasteiger partial charge in [-0.25, -0.2) is 8.78 Å². The van der Waals surface area contributed by atoms with Gasteiger partial charge < -0.3 is 5.32 Å². The SMILES string of the molecule is O=C(C=Cc1ccc(F)cc1)Nc1ccc(Br)c(F)c1. The first-order valence-electron chi connectivity index (χ1n) is 5.74. The van der Waals surface area contributed by atoms with E-state index in [1.807, 2.05) is 0 Å². The normalized spacial score (nSPS) is 10.8. The topological polar surface area (TPSA) is 29.1 Å². The lowest BCUT2D eigenvalue weighted by molar-refractivity contribution is -0.111. The Morgan fingerprint density at radius 3 is 2.45 bits per heavy atom. The minimum atomic E-state index is -0.453. The van der Waals surface area contributed by atoms with Crippen LogP contribution in [0, 0.1) is 11.6 Å². The smallest absolute Gasteiger partial charge is 0.248 e. The first kappa shape index (κ1) is 14.4. The van der Waals surface area contributed by atoms with Gasteiger partial charge in [0.15, 0.2) is 0 Å². The number of nitrogens with one attached hydrogen (secondary N) is 1. The van der Waals surface area contributed by atoms with E-state index in [-0.39, 0.29) is 5.82 Å². The molecule has 0 atom stereocenters. The molecule has 0 saturated heterocycles. The Morgan fingerprint density at radius 2 is 1.80 bits per heavy atom. The average Bonchev–Trinajstić information content (AvgIpc) is 2.42. The zero-order valence-electron chi connectivity index (χ0n) is 10.2. The Hall–Kier alpha value is -2.01. The van der Waals surface area contributed by atoms with Crippen LogP contribution in [0.4, 0.5) is 14.5 Å². The van der Waals surface area contributed by atoms with Crippen LogP contribution in [0.3, 0.4) is 0 Å². The summed E-state index contributed by atoms with van der Waals surface area (Å²) in [5.74, 6) is -1.18. The Labute approximate surface area is 123 Å². The Kier molecular flexibility index (Phi) is 4.63. The highest BCUT2D eigenvalue weighted by molar-refractivity contribution is 9.10. The molecule has 0 aromatic heterocycles. The second-order valence-corrected chi connectivity index (χ2v) is 4.86. The van der Waals surface area contributed by atoms with Crippen LogP contribution < -0.4 is 5.32 Å². The molecular weight excluding hydrogens is 328 g/mol. The summed E-state index contributed by atoms with van der Waals surface area (Å²) >= 11 is 3.03. The van der Waals surface area contributed by atoms with Crippen molar-refractivity contribution in [1.29, 1.82) is 0 Å². The third kappa shape index (κ3) is 3.99. The number of benzene rings is 2. The maximum Gasteiger partial charge on any atom is 0.248 e. The van der Waals surface area contributed by atoms with E-state index in [2.05, 4.69) is 21.2 Å². The third-order valence-corrected chi connectivity index (χ3v) is 3.13. The highest BCUT2D eigenvalue weighted by Gasteiger charge is 2.02. The molecule has 0 aliphatic heterocycles. The van der Waals surface area contributed by atoms with E-state index >= 15 is 0 Å². The van der Waals surface area contributed by atoms with Crippen molar-refractivity contribution in [3.8, 4) is 0 Å². The number of carbonyl (C=O) groups is 1. The molecule has 0 spiro atoms. The fraction of sp³-hybridized carbons (Fsp3) is 0. The van der Waals surface area contributed by atoms with Crippen molar-refractivity contribution in [2.45, 2.75) is 0 Å². The monoisotopic (exact) mass is 337 g/mol. The molecule has 0 radical (unpaired) electrons. The summed E-state index contributed by atoms with van der Waals surface area (Å²) in [6, 6.07) is 10.0. The Morgan fingerprint density at radius 1 is 1.10 bits per heavy atom. The van der Waals surface area contributed by atoms with E-state index in [1.165, 1.54) is 30.3 Å². The van der Waals surface area contributed by atoms with Crippen LogP contribution in [0.1, 0.15) is 5.56 Å². The van der Waals surface area contributed by atoms with E-state index in [9.17, 15) is 13.6 Å². The van der Waals surface area contributed by atoms with Crippen molar-refractivity contribution in [3.05, 3.63) is 70.2 Å². The van der Waals surface area contributed by atoms with Gasteiger partial charge in [0.25, 0.3) is 0 Å². The number of hydrogen-bond acceptors (Lipinski definition) is 1. The predicted octanol–water partition coefficient (Wildman–Crippen LogP) is 4.38. The number of hydrogen-bond donors (Lipinski definition) is 1. The summed E-state index contributed by atoms with van der Waals surface area (Å²) < 4.78 is 26.3. The molecule has 102 valence electrons. The number of rotatable bonds is 3. The van der Waals surface area contributed by atoms with Gasteiger partial charge in [-0.15, -0.1) is 0 Å². The van der Waals surface area contributed by atoms with E-state index in [4.69, 9.17) is 0 Å². The first-order valence-corrected chi connectivity index (χ1v) is 6.53. The zero-order chi connectivity index (χ0) is 14.5. The second kappa shape index (κ2) is 6.43. The van der Waals surface area contributed by atoms with E-state index in [1.54, 1.807) is 24.3 Å². The van der Waals surface area contributed by atoms with Crippen molar-refractivity contribution >= 4 is 33.6 Å². The molecule has 0 aliphatic rings. The molecule has 1 amide bonds. The van der Waals surface area contributed by atoms with Crippen molar-refractivity contribution in [1.82, 2.24) is 0 Å². The molecular formula is C15H10BrF2NO. The molecule has 5 heteroatoms. The van der Waals surface area contributed by atoms with Crippen LogP contribution in [0.25, 0.3) is 6.08 Å². The fourth-order valence-corrected chi connectivity index (χ4v) is 1.75. The summed E-state index contributed by atoms with van der Waals surface area (Å²) in [6.45, 7) is 0. The molecule has 0 aliphatic carbocycles. The minimum absolute atomic E-state index is 0.331. The summed E-state index contributed by atoms with van der Waals surface area (Å²) in [4.78, 5) is 11.6. The molecule has 0 bridgehead atoms. The first-order chi connectivity index (χ1) is 9.54. The Balaban J connectivity index is 2.01. The van der Waals surface area contributed by atoms with Crippen LogP contribution in [0.5, 0.6) is 0 Å². The summed E-state index contributed by atoms with van der Waals surface area (Å²) in [5, 5.41) is 2.53. The van der Waals surface area contributed by atoms with Gasteiger partial charge in [-0.2, -0.15) is 0 Å². The number of halogens is 3. The van der Waals surface area contributed by atoms with E-state index in [0.717, 1.165) is 0 Å². The van der Waals surface area contributed by atoms with Crippen LogP contribution in [0.15, 0.2) is 53.0 Å². The van der Waals surface area contributed by atoms with Gasteiger partial charge in [-0.1, -0.05) is 12.1 Å². The molecule has 2 aromatic rings. The molecule has 2 rings (SSSR count). The maximum atomic E-state index is 13.3. The number of anilines is 1. The molecule has 2 nitrogen and oxygen atoms in total. The lowest BCUT2D eigenvalue weighted by Crippen LogP contribution is -2.07. The van der Waals surface area contributed by atoms with Crippen LogP contribution in [0.2, 0.25) is 0 Å². The highest BCUT2D eigenvalue weighted by Crippen LogP contribution is 2.19. The largest absolute Gasteiger partial charge is 0.322 e. The van der Waals surface area contributed by atoms with Crippen LogP contribution >= 0.6 is 15.9 Å². The van der Waals surface area contributed by atoms with Gasteiger partial charge in [-0.05, 0) is 57.9 Å². The average molecular weight is 338 g/mol. The molecule has 20 heavy (non-hydrogen) atoms. The van der Waals surface area contributed by atoms with Gasteiger partial charge in [0.2, 0.25) is 5.91 Å². The van der Waals surface area contributed by atoms with E-state index < -0.39 is 11.7 Å². The van der Waals surface area contributed by atoms with Gasteiger partial charge >= 0.3 is 0 Å². The zero-order valence-corrected chi connectivity index (χ0v) is 11.8. The van der Waals surface area contributed by atoms with Crippen LogP contribution in [-0.2, 0) is 4.79 Å². The molecule has 0 heterocycles. The van der Waals surface area contributed by atoms with Gasteiger partial charge in [0.1, 0.15) is 11.6 Å². The molecule has 1 N–H and O–H groups in total. The van der Waals surface area contributed by atoms with Crippen molar-refractivity contribution in [2.75, 3.05) is 5.32 Å². The summed E-state index contributed by atoms with van der Waals surface area (Å²) in [7, 11) is 0. The van der Waals surface area contributed by atoms with E-state index in [0.29, 0.717) is 15.7 Å². The predicted molar refractivity (Wildman–Crippen MR) is 78.2 cm³/mol. The maximum absolute atomic E-state index is 13.3. The van der Waals surface area contributed by atoms with Crippen molar-refractivity contribution in [2.24, 2.45) is 0 Å². The van der Waals surface area contributed by atoms with Crippen molar-refractivity contribution in [3.63, 3.8) is 0 Å². The lowest BCUT2D eigenvalue weighted by Gasteiger charge is -2.03. The Bertz CT molecular complexity index is 653. The minimum Gasteiger partial charge on any atom is -0.322 e. The van der Waals surface area contributed by atoms with Gasteiger partial charge in [0.05, 0.1) is 4.47 Å². The standard InChI is InChI=1S/C15H10BrF2NO/c16-13-7-6-12(9-14(13)18)19-15(20)8-3-10-1-4-11(17)5-2-10/h1-9H,(H,19,20). The third-order valence-electron chi connectivity index (χ3n) is 2.48. The number of carbonyl (C=O) groups excluding carboxylic acids is 1. The lowest BCUT2D eigenvalue weighted by atomic mass is 10.2. The second-order valence-electron chi connectivity index (χ2n) is 4.00. The fourth-order valence-electron chi connectivity index (χ4n) is 1.50. The number of amides is 1.